The SMILES string of the molecule is Cc1nc(NCC(F)(F)F)nc(NC2(O)CCC(CN3CCCC3)C2O)c1-c1nc2ccccc2s1. The highest BCUT2D eigenvalue weighted by Crippen LogP contribution is 2.41. The largest absolute Gasteiger partial charge is 0.405 e. The van der Waals surface area contributed by atoms with Crippen LogP contribution in [0.25, 0.3) is 20.8 Å². The fourth-order valence-electron chi connectivity index (χ4n) is 5.09. The Balaban J connectivity index is 1.48. The number of aliphatic hydroxyl groups is 2. The van der Waals surface area contributed by atoms with Gasteiger partial charge in [-0.25, -0.2) is 9.97 Å². The molecule has 0 amide bonds. The molecule has 1 aromatic carbocycles. The first kappa shape index (κ1) is 25.1. The van der Waals surface area contributed by atoms with Gasteiger partial charge in [-0.05, 0) is 57.8 Å². The molecule has 12 heteroatoms. The molecule has 36 heavy (non-hydrogen) atoms. The number of benzene rings is 1. The van der Waals surface area contributed by atoms with Crippen LogP contribution in [0.15, 0.2) is 24.3 Å². The lowest BCUT2D eigenvalue weighted by Crippen LogP contribution is -2.49. The van der Waals surface area contributed by atoms with Crippen molar-refractivity contribution in [2.75, 3.05) is 36.8 Å². The first-order valence-electron chi connectivity index (χ1n) is 12.1. The van der Waals surface area contributed by atoms with Crippen molar-refractivity contribution in [2.45, 2.75) is 50.6 Å². The number of thiazole rings is 1. The number of aromatic nitrogens is 3. The molecule has 1 aliphatic carbocycles. The van der Waals surface area contributed by atoms with Crippen LogP contribution in [0, 0.1) is 12.8 Å². The van der Waals surface area contributed by atoms with E-state index in [2.05, 4.69) is 30.5 Å². The van der Waals surface area contributed by atoms with Gasteiger partial charge in [0, 0.05) is 12.5 Å². The predicted molar refractivity (Wildman–Crippen MR) is 133 cm³/mol. The third kappa shape index (κ3) is 5.26. The van der Waals surface area contributed by atoms with Crippen molar-refractivity contribution in [1.82, 2.24) is 19.9 Å². The van der Waals surface area contributed by atoms with Crippen molar-refractivity contribution < 1.29 is 23.4 Å². The zero-order valence-corrected chi connectivity index (χ0v) is 20.7. The monoisotopic (exact) mass is 522 g/mol. The summed E-state index contributed by atoms with van der Waals surface area (Å²) in [5.74, 6) is -0.214. The molecule has 194 valence electrons. The van der Waals surface area contributed by atoms with Crippen molar-refractivity contribution >= 4 is 33.3 Å². The summed E-state index contributed by atoms with van der Waals surface area (Å²) >= 11 is 1.40. The number of alkyl halides is 3. The molecule has 1 saturated heterocycles. The van der Waals surface area contributed by atoms with E-state index in [1.807, 2.05) is 24.3 Å². The summed E-state index contributed by atoms with van der Waals surface area (Å²) in [6, 6.07) is 7.57. The van der Waals surface area contributed by atoms with Gasteiger partial charge in [0.15, 0.2) is 5.72 Å². The van der Waals surface area contributed by atoms with Crippen LogP contribution in [0.4, 0.5) is 24.9 Å². The molecule has 0 bridgehead atoms. The Kier molecular flexibility index (Phi) is 6.79. The summed E-state index contributed by atoms with van der Waals surface area (Å²) in [5, 5.41) is 28.3. The fraction of sp³-hybridized carbons (Fsp3) is 0.542. The van der Waals surface area contributed by atoms with Crippen molar-refractivity contribution in [2.24, 2.45) is 5.92 Å². The Morgan fingerprint density at radius 3 is 2.64 bits per heavy atom. The van der Waals surface area contributed by atoms with Crippen LogP contribution >= 0.6 is 11.3 Å². The summed E-state index contributed by atoms with van der Waals surface area (Å²) in [6.45, 7) is 3.03. The smallest absolute Gasteiger partial charge is 0.388 e. The Hall–Kier alpha value is -2.54. The van der Waals surface area contributed by atoms with E-state index in [-0.39, 0.29) is 24.1 Å². The van der Waals surface area contributed by atoms with E-state index >= 15 is 0 Å². The maximum Gasteiger partial charge on any atom is 0.405 e. The van der Waals surface area contributed by atoms with Crippen molar-refractivity contribution in [3.63, 3.8) is 0 Å². The summed E-state index contributed by atoms with van der Waals surface area (Å²) in [4.78, 5) is 15.5. The van der Waals surface area contributed by atoms with Gasteiger partial charge < -0.3 is 25.7 Å². The molecule has 1 saturated carbocycles. The van der Waals surface area contributed by atoms with Crippen molar-refractivity contribution in [3.8, 4) is 10.6 Å². The third-order valence-corrected chi connectivity index (χ3v) is 7.96. The van der Waals surface area contributed by atoms with Crippen LogP contribution < -0.4 is 10.6 Å². The minimum Gasteiger partial charge on any atom is -0.388 e. The number of hydrogen-bond donors (Lipinski definition) is 4. The standard InChI is InChI=1S/C24H29F3N6O2S/c1-14-18(21-30-16-6-2-3-7-17(16)36-21)20(31-22(29-14)28-13-24(25,26)27)32-23(35)9-8-15(19(23)34)12-33-10-4-5-11-33/h2-3,6-7,15,19,34-35H,4-5,8-13H2,1H3,(H2,28,29,31,32). The first-order chi connectivity index (χ1) is 17.1. The zero-order chi connectivity index (χ0) is 25.5. The lowest BCUT2D eigenvalue weighted by atomic mass is 10.0. The molecule has 3 heterocycles. The van der Waals surface area contributed by atoms with Crippen LogP contribution in [0.5, 0.6) is 0 Å². The van der Waals surface area contributed by atoms with E-state index in [0.717, 1.165) is 36.1 Å². The minimum absolute atomic E-state index is 0.128. The van der Waals surface area contributed by atoms with Gasteiger partial charge in [-0.15, -0.1) is 11.3 Å². The molecule has 2 aromatic heterocycles. The highest BCUT2D eigenvalue weighted by Gasteiger charge is 2.48. The lowest BCUT2D eigenvalue weighted by Gasteiger charge is -2.32. The van der Waals surface area contributed by atoms with Gasteiger partial charge >= 0.3 is 6.18 Å². The second kappa shape index (κ2) is 9.73. The number of fused-ring (bicyclic) bond motifs is 1. The highest BCUT2D eigenvalue weighted by atomic mass is 32.1. The van der Waals surface area contributed by atoms with Crippen molar-refractivity contribution in [1.29, 1.82) is 0 Å². The van der Waals surface area contributed by atoms with E-state index in [1.54, 1.807) is 6.92 Å². The number of aliphatic hydroxyl groups excluding tert-OH is 1. The summed E-state index contributed by atoms with van der Waals surface area (Å²) in [7, 11) is 0. The van der Waals surface area contributed by atoms with Crippen LogP contribution in [-0.2, 0) is 0 Å². The third-order valence-electron chi connectivity index (χ3n) is 6.90. The molecule has 5 rings (SSSR count). The number of aryl methyl sites for hydroxylation is 1. The molecule has 4 N–H and O–H groups in total. The highest BCUT2D eigenvalue weighted by molar-refractivity contribution is 7.21. The van der Waals surface area contributed by atoms with Gasteiger partial charge in [0.25, 0.3) is 0 Å². The number of likely N-dealkylation sites (tertiary alicyclic amines) is 1. The van der Waals surface area contributed by atoms with E-state index in [1.165, 1.54) is 11.3 Å². The summed E-state index contributed by atoms with van der Waals surface area (Å²) in [6.07, 6.45) is -2.36. The number of nitrogens with zero attached hydrogens (tertiary/aromatic N) is 4. The molecule has 3 atom stereocenters. The molecular weight excluding hydrogens is 493 g/mol. The van der Waals surface area contributed by atoms with Crippen LogP contribution in [0.3, 0.4) is 0 Å². The quantitative estimate of drug-likeness (QED) is 0.345. The number of nitrogens with one attached hydrogen (secondary N) is 2. The number of para-hydroxylation sites is 1. The Bertz CT molecular complexity index is 1200. The topological polar surface area (TPSA) is 106 Å². The maximum atomic E-state index is 12.8. The lowest BCUT2D eigenvalue weighted by molar-refractivity contribution is -0.115. The van der Waals surface area contributed by atoms with Gasteiger partial charge in [0.2, 0.25) is 5.95 Å². The molecule has 2 fully saturated rings. The normalized spacial score (nSPS) is 25.1. The van der Waals surface area contributed by atoms with E-state index in [9.17, 15) is 23.4 Å². The van der Waals surface area contributed by atoms with Gasteiger partial charge in [0.1, 0.15) is 23.5 Å². The van der Waals surface area contributed by atoms with Gasteiger partial charge in [-0.3, -0.25) is 0 Å². The molecule has 1 aliphatic heterocycles. The maximum absolute atomic E-state index is 12.8. The average Bonchev–Trinajstić information content (AvgIpc) is 3.54. The first-order valence-corrected chi connectivity index (χ1v) is 12.9. The van der Waals surface area contributed by atoms with Crippen molar-refractivity contribution in [3.05, 3.63) is 30.0 Å². The fourth-order valence-corrected chi connectivity index (χ4v) is 6.15. The van der Waals surface area contributed by atoms with E-state index < -0.39 is 24.6 Å². The Labute approximate surface area is 210 Å². The number of hydrogen-bond acceptors (Lipinski definition) is 9. The molecule has 0 spiro atoms. The summed E-state index contributed by atoms with van der Waals surface area (Å²) < 4.78 is 39.4. The minimum atomic E-state index is -4.45. The Morgan fingerprint density at radius 2 is 1.92 bits per heavy atom. The molecule has 8 nitrogen and oxygen atoms in total. The number of halogens is 3. The molecule has 3 unspecified atom stereocenters. The van der Waals surface area contributed by atoms with Gasteiger partial charge in [-0.2, -0.15) is 18.2 Å². The van der Waals surface area contributed by atoms with E-state index in [4.69, 9.17) is 0 Å². The molecule has 3 aromatic rings. The molecular formula is C24H29F3N6O2S. The Morgan fingerprint density at radius 1 is 1.17 bits per heavy atom. The number of anilines is 2. The van der Waals surface area contributed by atoms with Crippen LogP contribution in [0.1, 0.15) is 31.4 Å². The van der Waals surface area contributed by atoms with Gasteiger partial charge in [-0.1, -0.05) is 12.1 Å². The zero-order valence-electron chi connectivity index (χ0n) is 19.8. The average molecular weight is 523 g/mol. The second-order valence-corrected chi connectivity index (χ2v) is 10.6. The predicted octanol–water partition coefficient (Wildman–Crippen LogP) is 4.00. The van der Waals surface area contributed by atoms with Crippen LogP contribution in [-0.4, -0.2) is 74.2 Å². The van der Waals surface area contributed by atoms with Crippen LogP contribution in [0.2, 0.25) is 0 Å². The molecule has 2 aliphatic rings. The summed E-state index contributed by atoms with van der Waals surface area (Å²) in [5.41, 5.74) is -0.0245. The van der Waals surface area contributed by atoms with E-state index in [0.29, 0.717) is 29.2 Å². The van der Waals surface area contributed by atoms with Gasteiger partial charge in [0.05, 0.1) is 21.5 Å². The second-order valence-electron chi connectivity index (χ2n) is 9.61. The molecule has 0 radical (unpaired) electrons. The number of rotatable bonds is 7.